The zero-order valence-electron chi connectivity index (χ0n) is 11.4. The molecule has 0 aliphatic carbocycles. The monoisotopic (exact) mass is 249 g/mol. The number of hydrogen-bond acceptors (Lipinski definition) is 3. The van der Waals surface area contributed by atoms with Gasteiger partial charge in [0.25, 0.3) is 0 Å². The number of likely N-dealkylation sites (N-methyl/N-ethyl adjacent to an activating group) is 1. The molecule has 0 heterocycles. The summed E-state index contributed by atoms with van der Waals surface area (Å²) in [6.07, 6.45) is 0. The predicted molar refractivity (Wildman–Crippen MR) is 74.7 cm³/mol. The first-order valence-electron chi connectivity index (χ1n) is 6.20. The zero-order chi connectivity index (χ0) is 13.8. The molecule has 0 radical (unpaired) electrons. The fraction of sp³-hybridized carbons (Fsp3) is 0.500. The third-order valence-electron chi connectivity index (χ3n) is 2.70. The van der Waals surface area contributed by atoms with Gasteiger partial charge in [-0.25, -0.2) is 0 Å². The van der Waals surface area contributed by atoms with Crippen molar-refractivity contribution in [3.8, 4) is 0 Å². The molecule has 0 aromatic heterocycles. The standard InChI is InChI=1S/C14H23N3O/c1-4-17(10-14(2,3)18)9-11-6-5-7-12(8-11)13(15)16/h5-8,18H,4,9-10H2,1-3H3,(H3,15,16). The van der Waals surface area contributed by atoms with E-state index in [9.17, 15) is 5.11 Å². The first-order valence-corrected chi connectivity index (χ1v) is 6.20. The van der Waals surface area contributed by atoms with Crippen LogP contribution in [0, 0.1) is 5.41 Å². The molecule has 1 rings (SSSR count). The van der Waals surface area contributed by atoms with Gasteiger partial charge in [0.2, 0.25) is 0 Å². The molecule has 1 aromatic rings. The van der Waals surface area contributed by atoms with Crippen LogP contribution in [0.2, 0.25) is 0 Å². The van der Waals surface area contributed by atoms with E-state index >= 15 is 0 Å². The highest BCUT2D eigenvalue weighted by Gasteiger charge is 2.17. The minimum absolute atomic E-state index is 0.0855. The summed E-state index contributed by atoms with van der Waals surface area (Å²) < 4.78 is 0. The lowest BCUT2D eigenvalue weighted by Gasteiger charge is -2.28. The fourth-order valence-electron chi connectivity index (χ4n) is 1.92. The lowest BCUT2D eigenvalue weighted by Crippen LogP contribution is -2.38. The van der Waals surface area contributed by atoms with Crippen molar-refractivity contribution in [2.45, 2.75) is 32.9 Å². The van der Waals surface area contributed by atoms with Gasteiger partial charge in [0, 0.05) is 18.7 Å². The summed E-state index contributed by atoms with van der Waals surface area (Å²) in [5.74, 6) is 0.0855. The van der Waals surface area contributed by atoms with E-state index in [0.29, 0.717) is 6.54 Å². The van der Waals surface area contributed by atoms with Gasteiger partial charge in [0.15, 0.2) is 0 Å². The molecule has 0 aliphatic heterocycles. The second kappa shape index (κ2) is 5.98. The number of benzene rings is 1. The van der Waals surface area contributed by atoms with Crippen molar-refractivity contribution in [1.29, 1.82) is 5.41 Å². The van der Waals surface area contributed by atoms with Crippen molar-refractivity contribution in [2.24, 2.45) is 5.73 Å². The van der Waals surface area contributed by atoms with E-state index in [4.69, 9.17) is 11.1 Å². The smallest absolute Gasteiger partial charge is 0.122 e. The van der Waals surface area contributed by atoms with Crippen molar-refractivity contribution < 1.29 is 5.11 Å². The molecule has 4 heteroatoms. The number of nitrogens with one attached hydrogen (secondary N) is 1. The van der Waals surface area contributed by atoms with Gasteiger partial charge in [-0.1, -0.05) is 25.1 Å². The van der Waals surface area contributed by atoms with E-state index in [0.717, 1.165) is 24.2 Å². The number of rotatable bonds is 6. The van der Waals surface area contributed by atoms with Gasteiger partial charge < -0.3 is 10.8 Å². The quantitative estimate of drug-likeness (QED) is 0.529. The van der Waals surface area contributed by atoms with Crippen LogP contribution in [0.1, 0.15) is 31.9 Å². The summed E-state index contributed by atoms with van der Waals surface area (Å²) in [4.78, 5) is 2.17. The van der Waals surface area contributed by atoms with Gasteiger partial charge in [0.05, 0.1) is 5.60 Å². The Balaban J connectivity index is 2.76. The van der Waals surface area contributed by atoms with Gasteiger partial charge in [-0.05, 0) is 32.0 Å². The van der Waals surface area contributed by atoms with E-state index < -0.39 is 5.60 Å². The Morgan fingerprint density at radius 2 is 2.11 bits per heavy atom. The number of nitrogen functional groups attached to an aromatic ring is 1. The molecule has 4 N–H and O–H groups in total. The molecule has 1 aromatic carbocycles. The van der Waals surface area contributed by atoms with Crippen LogP contribution >= 0.6 is 0 Å². The van der Waals surface area contributed by atoms with E-state index in [1.165, 1.54) is 0 Å². The molecule has 18 heavy (non-hydrogen) atoms. The molecule has 0 amide bonds. The Bertz CT molecular complexity index is 410. The molecular formula is C14H23N3O. The Labute approximate surface area is 109 Å². The normalized spacial score (nSPS) is 11.8. The second-order valence-electron chi connectivity index (χ2n) is 5.23. The predicted octanol–water partition coefficient (Wildman–Crippen LogP) is 1.56. The van der Waals surface area contributed by atoms with Crippen LogP contribution in [0.5, 0.6) is 0 Å². The van der Waals surface area contributed by atoms with Gasteiger partial charge >= 0.3 is 0 Å². The Hall–Kier alpha value is -1.39. The Morgan fingerprint density at radius 1 is 1.44 bits per heavy atom. The highest BCUT2D eigenvalue weighted by Crippen LogP contribution is 2.11. The maximum Gasteiger partial charge on any atom is 0.122 e. The van der Waals surface area contributed by atoms with Crippen LogP contribution in [0.15, 0.2) is 24.3 Å². The second-order valence-corrected chi connectivity index (χ2v) is 5.23. The number of nitrogens with zero attached hydrogens (tertiary/aromatic N) is 1. The van der Waals surface area contributed by atoms with Crippen LogP contribution in [-0.4, -0.2) is 34.5 Å². The third kappa shape index (κ3) is 4.85. The molecule has 0 unspecified atom stereocenters. The van der Waals surface area contributed by atoms with Crippen LogP contribution in [0.4, 0.5) is 0 Å². The minimum Gasteiger partial charge on any atom is -0.389 e. The largest absolute Gasteiger partial charge is 0.389 e. The van der Waals surface area contributed by atoms with Crippen molar-refractivity contribution in [3.63, 3.8) is 0 Å². The first-order chi connectivity index (χ1) is 8.31. The minimum atomic E-state index is -0.700. The van der Waals surface area contributed by atoms with Crippen LogP contribution < -0.4 is 5.73 Å². The van der Waals surface area contributed by atoms with Gasteiger partial charge in [-0.3, -0.25) is 10.3 Å². The summed E-state index contributed by atoms with van der Waals surface area (Å²) in [5.41, 5.74) is 6.62. The van der Waals surface area contributed by atoms with E-state index in [1.807, 2.05) is 38.1 Å². The molecule has 0 saturated heterocycles. The highest BCUT2D eigenvalue weighted by atomic mass is 16.3. The molecule has 100 valence electrons. The van der Waals surface area contributed by atoms with Crippen molar-refractivity contribution >= 4 is 5.84 Å². The average molecular weight is 249 g/mol. The van der Waals surface area contributed by atoms with Crippen LogP contribution in [0.25, 0.3) is 0 Å². The number of hydrogen-bond donors (Lipinski definition) is 3. The Kier molecular flexibility index (Phi) is 4.87. The SMILES string of the molecule is CCN(Cc1cccc(C(=N)N)c1)CC(C)(C)O. The number of amidine groups is 1. The number of aliphatic hydroxyl groups is 1. The summed E-state index contributed by atoms with van der Waals surface area (Å²) >= 11 is 0. The lowest BCUT2D eigenvalue weighted by molar-refractivity contribution is 0.0353. The van der Waals surface area contributed by atoms with E-state index in [1.54, 1.807) is 0 Å². The summed E-state index contributed by atoms with van der Waals surface area (Å²) in [5, 5.41) is 17.3. The van der Waals surface area contributed by atoms with Crippen LogP contribution in [0.3, 0.4) is 0 Å². The van der Waals surface area contributed by atoms with Gasteiger partial charge in [-0.15, -0.1) is 0 Å². The summed E-state index contributed by atoms with van der Waals surface area (Å²) in [6.45, 7) is 7.92. The molecule has 0 fully saturated rings. The lowest BCUT2D eigenvalue weighted by atomic mass is 10.1. The van der Waals surface area contributed by atoms with Crippen molar-refractivity contribution in [1.82, 2.24) is 4.90 Å². The Morgan fingerprint density at radius 3 is 2.61 bits per heavy atom. The van der Waals surface area contributed by atoms with Crippen molar-refractivity contribution in [2.75, 3.05) is 13.1 Å². The maximum absolute atomic E-state index is 9.84. The average Bonchev–Trinajstić information content (AvgIpc) is 2.26. The molecule has 0 atom stereocenters. The molecule has 4 nitrogen and oxygen atoms in total. The zero-order valence-corrected chi connectivity index (χ0v) is 11.4. The highest BCUT2D eigenvalue weighted by molar-refractivity contribution is 5.95. The first kappa shape index (κ1) is 14.7. The summed E-state index contributed by atoms with van der Waals surface area (Å²) in [7, 11) is 0. The number of nitrogens with two attached hydrogens (primary N) is 1. The van der Waals surface area contributed by atoms with E-state index in [2.05, 4.69) is 11.8 Å². The van der Waals surface area contributed by atoms with Gasteiger partial charge in [-0.2, -0.15) is 0 Å². The maximum atomic E-state index is 9.84. The fourth-order valence-corrected chi connectivity index (χ4v) is 1.92. The summed E-state index contributed by atoms with van der Waals surface area (Å²) in [6, 6.07) is 7.68. The van der Waals surface area contributed by atoms with Gasteiger partial charge in [0.1, 0.15) is 5.84 Å². The molecule has 0 saturated carbocycles. The topological polar surface area (TPSA) is 73.3 Å². The van der Waals surface area contributed by atoms with E-state index in [-0.39, 0.29) is 5.84 Å². The van der Waals surface area contributed by atoms with Crippen molar-refractivity contribution in [3.05, 3.63) is 35.4 Å². The molecule has 0 spiro atoms. The molecule has 0 aliphatic rings. The van der Waals surface area contributed by atoms with Crippen LogP contribution in [-0.2, 0) is 6.54 Å². The molecule has 0 bridgehead atoms. The molecular weight excluding hydrogens is 226 g/mol. The third-order valence-corrected chi connectivity index (χ3v) is 2.70.